The number of hydrogen-bond donors (Lipinski definition) is 1. The molecule has 0 heterocycles. The van der Waals surface area contributed by atoms with Crippen LogP contribution in [0.3, 0.4) is 0 Å². The molecule has 2 atom stereocenters. The first-order chi connectivity index (χ1) is 14.5. The van der Waals surface area contributed by atoms with E-state index in [4.69, 9.17) is 30.5 Å². The lowest BCUT2D eigenvalue weighted by Gasteiger charge is -2.39. The summed E-state index contributed by atoms with van der Waals surface area (Å²) in [6.45, 7) is 4.76. The zero-order valence-corrected chi connectivity index (χ0v) is 19.7. The zero-order chi connectivity index (χ0) is 23.2. The van der Waals surface area contributed by atoms with Crippen molar-refractivity contribution in [2.45, 2.75) is 43.9 Å². The molecule has 2 aromatic rings. The fourth-order valence-electron chi connectivity index (χ4n) is 2.77. The Labute approximate surface area is 188 Å². The van der Waals surface area contributed by atoms with Gasteiger partial charge < -0.3 is 24.1 Å². The molecule has 0 aliphatic heterocycles. The highest BCUT2D eigenvalue weighted by atomic mass is 35.5. The summed E-state index contributed by atoms with van der Waals surface area (Å²) >= 11 is 6.08. The van der Waals surface area contributed by atoms with Crippen LogP contribution in [0.5, 0.6) is 11.5 Å². The minimum Gasteiger partial charge on any atom is -0.497 e. The molecule has 31 heavy (non-hydrogen) atoms. The molecule has 8 nitrogen and oxygen atoms in total. The van der Waals surface area contributed by atoms with Crippen LogP contribution in [-0.4, -0.2) is 56.9 Å². The predicted molar refractivity (Wildman–Crippen MR) is 117 cm³/mol. The Morgan fingerprint density at radius 3 is 2.29 bits per heavy atom. The summed E-state index contributed by atoms with van der Waals surface area (Å²) in [5.41, 5.74) is -0.892. The van der Waals surface area contributed by atoms with E-state index in [0.717, 1.165) is 4.31 Å². The first-order valence-corrected chi connectivity index (χ1v) is 11.2. The normalized spacial score (nSPS) is 14.3. The number of benzene rings is 2. The topological polar surface area (TPSA) is 94.5 Å². The van der Waals surface area contributed by atoms with Crippen molar-refractivity contribution in [3.05, 3.63) is 53.6 Å². The van der Waals surface area contributed by atoms with Gasteiger partial charge in [0, 0.05) is 18.7 Å². The van der Waals surface area contributed by atoms with Crippen LogP contribution < -0.4 is 9.47 Å². The lowest BCUT2D eigenvalue weighted by Crippen LogP contribution is -2.53. The number of aliphatic hydroxyl groups excluding tert-OH is 1. The number of ether oxygens (including phenoxy) is 4. The average molecular weight is 474 g/mol. The molecule has 1 N–H and O–H groups in total. The molecule has 0 saturated carbocycles. The maximum absolute atomic E-state index is 13.3. The van der Waals surface area contributed by atoms with Crippen molar-refractivity contribution in [3.8, 4) is 11.5 Å². The molecule has 2 unspecified atom stereocenters. The standard InChI is InChI=1S/C21H28ClNO7S/c1-21(2,3)23(31(25,26)16-9-7-6-8-10-16)20(28-5)29-14-19(24)30-18-13-15(27-4)11-12-17(18)22/h6-13,19-20,24H,14H2,1-5H3. The number of rotatable bonds is 10. The molecule has 0 bridgehead atoms. The van der Waals surface area contributed by atoms with Gasteiger partial charge in [-0.15, -0.1) is 4.31 Å². The number of halogens is 1. The van der Waals surface area contributed by atoms with Crippen LogP contribution in [0, 0.1) is 0 Å². The molecule has 0 amide bonds. The summed E-state index contributed by atoms with van der Waals surface area (Å²) in [6, 6.07) is 12.7. The van der Waals surface area contributed by atoms with Crippen molar-refractivity contribution in [2.75, 3.05) is 20.8 Å². The van der Waals surface area contributed by atoms with E-state index in [0.29, 0.717) is 5.75 Å². The Balaban J connectivity index is 2.19. The highest BCUT2D eigenvalue weighted by Gasteiger charge is 2.41. The Bertz CT molecular complexity index is 948. The molecule has 2 rings (SSSR count). The van der Waals surface area contributed by atoms with E-state index >= 15 is 0 Å². The number of aliphatic hydroxyl groups is 1. The van der Waals surface area contributed by atoms with Crippen LogP contribution in [0.4, 0.5) is 0 Å². The first-order valence-electron chi connectivity index (χ1n) is 9.43. The number of hydrogen-bond acceptors (Lipinski definition) is 7. The third-order valence-corrected chi connectivity index (χ3v) is 6.55. The van der Waals surface area contributed by atoms with Crippen LogP contribution in [0.2, 0.25) is 5.02 Å². The molecular weight excluding hydrogens is 446 g/mol. The molecule has 0 fully saturated rings. The molecule has 0 aromatic heterocycles. The third kappa shape index (κ3) is 6.55. The van der Waals surface area contributed by atoms with E-state index in [-0.39, 0.29) is 22.3 Å². The van der Waals surface area contributed by atoms with Crippen molar-refractivity contribution in [2.24, 2.45) is 0 Å². The monoisotopic (exact) mass is 473 g/mol. The maximum atomic E-state index is 13.3. The Morgan fingerprint density at radius 2 is 1.74 bits per heavy atom. The van der Waals surface area contributed by atoms with Crippen molar-refractivity contribution in [1.29, 1.82) is 0 Å². The molecule has 0 spiro atoms. The fraction of sp³-hybridized carbons (Fsp3) is 0.429. The van der Waals surface area contributed by atoms with E-state index in [1.165, 1.54) is 32.4 Å². The average Bonchev–Trinajstić information content (AvgIpc) is 2.72. The van der Waals surface area contributed by atoms with Crippen LogP contribution >= 0.6 is 11.6 Å². The second kappa shape index (κ2) is 10.6. The van der Waals surface area contributed by atoms with E-state index in [1.807, 2.05) is 0 Å². The maximum Gasteiger partial charge on any atom is 0.247 e. The highest BCUT2D eigenvalue weighted by Crippen LogP contribution is 2.30. The van der Waals surface area contributed by atoms with Gasteiger partial charge in [0.15, 0.2) is 0 Å². The van der Waals surface area contributed by atoms with Crippen LogP contribution in [0.1, 0.15) is 20.8 Å². The molecular formula is C21H28ClNO7S. The number of sulfonamides is 1. The Hall–Kier alpha value is -1.88. The largest absolute Gasteiger partial charge is 0.497 e. The summed E-state index contributed by atoms with van der Waals surface area (Å²) in [5.74, 6) is 0.686. The molecule has 0 aliphatic carbocycles. The quantitative estimate of drug-likeness (QED) is 0.528. The molecule has 0 saturated heterocycles. The zero-order valence-electron chi connectivity index (χ0n) is 18.1. The van der Waals surface area contributed by atoms with E-state index in [2.05, 4.69) is 0 Å². The van der Waals surface area contributed by atoms with Gasteiger partial charge in [0.2, 0.25) is 22.7 Å². The van der Waals surface area contributed by atoms with Gasteiger partial charge >= 0.3 is 0 Å². The van der Waals surface area contributed by atoms with Crippen LogP contribution in [-0.2, 0) is 19.5 Å². The van der Waals surface area contributed by atoms with Crippen molar-refractivity contribution < 1.29 is 32.5 Å². The van der Waals surface area contributed by atoms with Gasteiger partial charge in [-0.1, -0.05) is 29.8 Å². The van der Waals surface area contributed by atoms with Gasteiger partial charge in [0.25, 0.3) is 0 Å². The molecule has 0 aliphatic rings. The van der Waals surface area contributed by atoms with E-state index < -0.39 is 28.3 Å². The molecule has 10 heteroatoms. The minimum atomic E-state index is -3.97. The van der Waals surface area contributed by atoms with Gasteiger partial charge in [-0.2, -0.15) is 0 Å². The molecule has 172 valence electrons. The summed E-state index contributed by atoms with van der Waals surface area (Å²) in [6.07, 6.45) is -2.76. The number of methoxy groups -OCH3 is 2. The minimum absolute atomic E-state index is 0.0931. The van der Waals surface area contributed by atoms with Gasteiger partial charge in [-0.3, -0.25) is 0 Å². The lowest BCUT2D eigenvalue weighted by molar-refractivity contribution is -0.225. The highest BCUT2D eigenvalue weighted by molar-refractivity contribution is 7.89. The van der Waals surface area contributed by atoms with Gasteiger partial charge in [-0.05, 0) is 45.0 Å². The van der Waals surface area contributed by atoms with Gasteiger partial charge in [0.05, 0.1) is 17.0 Å². The summed E-state index contributed by atoms with van der Waals surface area (Å²) in [5, 5.41) is 10.5. The van der Waals surface area contributed by atoms with Crippen molar-refractivity contribution in [1.82, 2.24) is 4.31 Å². The smallest absolute Gasteiger partial charge is 0.247 e. The third-order valence-electron chi connectivity index (χ3n) is 4.14. The number of nitrogens with zero attached hydrogens (tertiary/aromatic N) is 1. The molecule has 2 aromatic carbocycles. The Kier molecular flexibility index (Phi) is 8.70. The predicted octanol–water partition coefficient (Wildman–Crippen LogP) is 3.48. The fourth-order valence-corrected chi connectivity index (χ4v) is 4.76. The van der Waals surface area contributed by atoms with E-state index in [1.54, 1.807) is 51.1 Å². The Morgan fingerprint density at radius 1 is 1.10 bits per heavy atom. The summed E-state index contributed by atoms with van der Waals surface area (Å²) in [7, 11) is -1.16. The summed E-state index contributed by atoms with van der Waals surface area (Å²) in [4.78, 5) is 0.0931. The van der Waals surface area contributed by atoms with Crippen molar-refractivity contribution in [3.63, 3.8) is 0 Å². The molecule has 0 radical (unpaired) electrons. The van der Waals surface area contributed by atoms with Crippen molar-refractivity contribution >= 4 is 21.6 Å². The summed E-state index contributed by atoms with van der Waals surface area (Å²) < 4.78 is 49.1. The SMILES string of the molecule is COc1ccc(Cl)c(OC(O)COC(OC)N(C(C)(C)C)S(=O)(=O)c2ccccc2)c1. The second-order valence-corrected chi connectivity index (χ2v) is 9.75. The lowest BCUT2D eigenvalue weighted by atomic mass is 10.1. The van der Waals surface area contributed by atoms with Crippen LogP contribution in [0.25, 0.3) is 0 Å². The van der Waals surface area contributed by atoms with Gasteiger partial charge in [0.1, 0.15) is 18.1 Å². The second-order valence-electron chi connectivity index (χ2n) is 7.53. The van der Waals surface area contributed by atoms with Crippen LogP contribution in [0.15, 0.2) is 53.4 Å². The first kappa shape index (κ1) is 25.4. The van der Waals surface area contributed by atoms with Gasteiger partial charge in [-0.25, -0.2) is 8.42 Å². The van der Waals surface area contributed by atoms with E-state index in [9.17, 15) is 13.5 Å².